The monoisotopic (exact) mass is 360 g/mol. The standard InChI is InChI=1S/C16H22BrClO2/c1-3-11-5-4-6-14(7-11)20-16-12(10-17)8-13(18)9-15(16)19-2/h8-9,11,14H,3-7,10H2,1-2H3. The number of rotatable bonds is 5. The number of methoxy groups -OCH3 is 1. The summed E-state index contributed by atoms with van der Waals surface area (Å²) in [5, 5.41) is 1.39. The molecule has 1 aromatic carbocycles. The molecule has 1 aliphatic carbocycles. The van der Waals surface area contributed by atoms with Gasteiger partial charge in [-0.1, -0.05) is 47.3 Å². The Morgan fingerprint density at radius 1 is 1.35 bits per heavy atom. The highest BCUT2D eigenvalue weighted by Crippen LogP contribution is 2.39. The Hall–Kier alpha value is -0.410. The number of benzene rings is 1. The van der Waals surface area contributed by atoms with Gasteiger partial charge in [0, 0.05) is 22.0 Å². The maximum absolute atomic E-state index is 6.27. The molecule has 0 aliphatic heterocycles. The molecule has 1 aliphatic rings. The molecule has 0 aromatic heterocycles. The van der Waals surface area contributed by atoms with Crippen molar-refractivity contribution >= 4 is 27.5 Å². The van der Waals surface area contributed by atoms with Gasteiger partial charge in [0.1, 0.15) is 0 Å². The van der Waals surface area contributed by atoms with Gasteiger partial charge >= 0.3 is 0 Å². The summed E-state index contributed by atoms with van der Waals surface area (Å²) in [4.78, 5) is 0. The minimum atomic E-state index is 0.293. The van der Waals surface area contributed by atoms with Crippen molar-refractivity contribution in [1.29, 1.82) is 0 Å². The fourth-order valence-corrected chi connectivity index (χ4v) is 3.54. The minimum absolute atomic E-state index is 0.293. The Balaban J connectivity index is 2.19. The van der Waals surface area contributed by atoms with Gasteiger partial charge in [-0.2, -0.15) is 0 Å². The van der Waals surface area contributed by atoms with Crippen LogP contribution in [0.1, 0.15) is 44.6 Å². The van der Waals surface area contributed by atoms with Crippen LogP contribution >= 0.6 is 27.5 Å². The Bertz CT molecular complexity index is 425. The number of alkyl halides is 1. The van der Waals surface area contributed by atoms with Gasteiger partial charge in [0.25, 0.3) is 0 Å². The van der Waals surface area contributed by atoms with Gasteiger partial charge in [0.2, 0.25) is 0 Å². The van der Waals surface area contributed by atoms with Gasteiger partial charge in [-0.25, -0.2) is 0 Å². The van der Waals surface area contributed by atoms with E-state index >= 15 is 0 Å². The Morgan fingerprint density at radius 2 is 2.15 bits per heavy atom. The first kappa shape index (κ1) is 16.0. The van der Waals surface area contributed by atoms with Crippen molar-refractivity contribution in [3.05, 3.63) is 22.7 Å². The summed E-state index contributed by atoms with van der Waals surface area (Å²) >= 11 is 9.61. The maximum Gasteiger partial charge on any atom is 0.165 e. The van der Waals surface area contributed by atoms with Crippen molar-refractivity contribution in [3.63, 3.8) is 0 Å². The third-order valence-corrected chi connectivity index (χ3v) is 4.88. The van der Waals surface area contributed by atoms with Crippen molar-refractivity contribution in [2.45, 2.75) is 50.5 Å². The van der Waals surface area contributed by atoms with E-state index < -0.39 is 0 Å². The fraction of sp³-hybridized carbons (Fsp3) is 0.625. The van der Waals surface area contributed by atoms with Crippen LogP contribution in [-0.2, 0) is 5.33 Å². The second kappa shape index (κ2) is 7.56. The van der Waals surface area contributed by atoms with Crippen molar-refractivity contribution in [2.24, 2.45) is 5.92 Å². The lowest BCUT2D eigenvalue weighted by molar-refractivity contribution is 0.117. The number of ether oxygens (including phenoxy) is 2. The molecule has 0 heterocycles. The van der Waals surface area contributed by atoms with Gasteiger partial charge in [-0.05, 0) is 31.2 Å². The normalized spacial score (nSPS) is 22.6. The molecule has 1 saturated carbocycles. The van der Waals surface area contributed by atoms with E-state index in [1.165, 1.54) is 19.3 Å². The lowest BCUT2D eigenvalue weighted by Crippen LogP contribution is -2.25. The van der Waals surface area contributed by atoms with E-state index in [1.54, 1.807) is 7.11 Å². The van der Waals surface area contributed by atoms with Gasteiger partial charge < -0.3 is 9.47 Å². The first-order valence-corrected chi connectivity index (χ1v) is 8.76. The van der Waals surface area contributed by atoms with Crippen LogP contribution in [0, 0.1) is 5.92 Å². The predicted molar refractivity (Wildman–Crippen MR) is 87.3 cm³/mol. The molecule has 112 valence electrons. The summed E-state index contributed by atoms with van der Waals surface area (Å²) in [5.41, 5.74) is 1.05. The molecule has 2 atom stereocenters. The van der Waals surface area contributed by atoms with Crippen LogP contribution in [0.4, 0.5) is 0 Å². The molecule has 0 radical (unpaired) electrons. The summed E-state index contributed by atoms with van der Waals surface area (Å²) in [6.45, 7) is 2.26. The molecular weight excluding hydrogens is 340 g/mol. The average Bonchev–Trinajstić information content (AvgIpc) is 2.48. The summed E-state index contributed by atoms with van der Waals surface area (Å²) < 4.78 is 11.7. The largest absolute Gasteiger partial charge is 0.493 e. The van der Waals surface area contributed by atoms with Crippen molar-refractivity contribution in [1.82, 2.24) is 0 Å². The molecule has 1 fully saturated rings. The highest BCUT2D eigenvalue weighted by Gasteiger charge is 2.24. The van der Waals surface area contributed by atoms with Gasteiger partial charge in [-0.15, -0.1) is 0 Å². The molecule has 2 rings (SSSR count). The van der Waals surface area contributed by atoms with Crippen molar-refractivity contribution in [3.8, 4) is 11.5 Å². The van der Waals surface area contributed by atoms with E-state index in [1.807, 2.05) is 12.1 Å². The SMILES string of the molecule is CCC1CCCC(Oc2c(CBr)cc(Cl)cc2OC)C1. The van der Waals surface area contributed by atoms with Crippen LogP contribution in [0.2, 0.25) is 5.02 Å². The van der Waals surface area contributed by atoms with Crippen molar-refractivity contribution in [2.75, 3.05) is 7.11 Å². The summed E-state index contributed by atoms with van der Waals surface area (Å²) in [6, 6.07) is 3.76. The summed E-state index contributed by atoms with van der Waals surface area (Å²) in [6.07, 6.45) is 6.39. The van der Waals surface area contributed by atoms with Crippen LogP contribution in [0.5, 0.6) is 11.5 Å². The smallest absolute Gasteiger partial charge is 0.165 e. The van der Waals surface area contributed by atoms with E-state index in [4.69, 9.17) is 21.1 Å². The van der Waals surface area contributed by atoms with E-state index in [0.29, 0.717) is 16.5 Å². The predicted octanol–water partition coefficient (Wildman–Crippen LogP) is 5.59. The van der Waals surface area contributed by atoms with Crippen LogP contribution in [0.3, 0.4) is 0 Å². The average molecular weight is 362 g/mol. The number of halogens is 2. The van der Waals surface area contributed by atoms with E-state index in [2.05, 4.69) is 22.9 Å². The Labute approximate surface area is 134 Å². The van der Waals surface area contributed by atoms with Gasteiger partial charge in [0.05, 0.1) is 13.2 Å². The second-order valence-electron chi connectivity index (χ2n) is 5.41. The van der Waals surface area contributed by atoms with Crippen molar-refractivity contribution < 1.29 is 9.47 Å². The first-order chi connectivity index (χ1) is 9.67. The topological polar surface area (TPSA) is 18.5 Å². The van der Waals surface area contributed by atoms with Crippen LogP contribution < -0.4 is 9.47 Å². The molecule has 2 nitrogen and oxygen atoms in total. The molecule has 0 amide bonds. The van der Waals surface area contributed by atoms with E-state index in [9.17, 15) is 0 Å². The summed E-state index contributed by atoms with van der Waals surface area (Å²) in [5.74, 6) is 2.36. The zero-order valence-corrected chi connectivity index (χ0v) is 14.5. The number of hydrogen-bond donors (Lipinski definition) is 0. The van der Waals surface area contributed by atoms with Crippen LogP contribution in [0.25, 0.3) is 0 Å². The first-order valence-electron chi connectivity index (χ1n) is 7.27. The van der Waals surface area contributed by atoms with Crippen LogP contribution in [-0.4, -0.2) is 13.2 Å². The minimum Gasteiger partial charge on any atom is -0.493 e. The lowest BCUT2D eigenvalue weighted by atomic mass is 9.85. The molecule has 4 heteroatoms. The molecule has 20 heavy (non-hydrogen) atoms. The molecular formula is C16H22BrClO2. The zero-order valence-electron chi connectivity index (χ0n) is 12.1. The summed E-state index contributed by atoms with van der Waals surface area (Å²) in [7, 11) is 1.66. The molecule has 1 aromatic rings. The third-order valence-electron chi connectivity index (χ3n) is 4.06. The molecule has 0 N–H and O–H groups in total. The van der Waals surface area contributed by atoms with Gasteiger partial charge in [0.15, 0.2) is 11.5 Å². The highest BCUT2D eigenvalue weighted by molar-refractivity contribution is 9.08. The molecule has 2 unspecified atom stereocenters. The quantitative estimate of drug-likeness (QED) is 0.636. The van der Waals surface area contributed by atoms with E-state index in [-0.39, 0.29) is 0 Å². The van der Waals surface area contributed by atoms with E-state index in [0.717, 1.165) is 35.8 Å². The lowest BCUT2D eigenvalue weighted by Gasteiger charge is -2.30. The highest BCUT2D eigenvalue weighted by atomic mass is 79.9. The third kappa shape index (κ3) is 3.82. The Kier molecular flexibility index (Phi) is 6.03. The zero-order chi connectivity index (χ0) is 14.5. The van der Waals surface area contributed by atoms with Gasteiger partial charge in [-0.3, -0.25) is 0 Å². The Morgan fingerprint density at radius 3 is 2.80 bits per heavy atom. The fourth-order valence-electron chi connectivity index (χ4n) is 2.89. The molecule has 0 spiro atoms. The number of hydrogen-bond acceptors (Lipinski definition) is 2. The molecule has 0 saturated heterocycles. The molecule has 0 bridgehead atoms. The maximum atomic E-state index is 6.27. The van der Waals surface area contributed by atoms with Crippen LogP contribution in [0.15, 0.2) is 12.1 Å². The second-order valence-corrected chi connectivity index (χ2v) is 6.41.